The SMILES string of the molecule is CCCNC(=NCc1cccc(NC(C)=O)c1)NCC. The number of hydrogen-bond donors (Lipinski definition) is 3. The summed E-state index contributed by atoms with van der Waals surface area (Å²) in [4.78, 5) is 15.6. The number of rotatable bonds is 6. The molecule has 0 saturated carbocycles. The lowest BCUT2D eigenvalue weighted by molar-refractivity contribution is -0.114. The maximum Gasteiger partial charge on any atom is 0.221 e. The molecule has 0 aliphatic heterocycles. The van der Waals surface area contributed by atoms with Crippen molar-refractivity contribution in [3.63, 3.8) is 0 Å². The molecule has 0 aliphatic carbocycles. The number of benzene rings is 1. The van der Waals surface area contributed by atoms with Gasteiger partial charge in [-0.1, -0.05) is 19.1 Å². The maximum atomic E-state index is 11.0. The minimum atomic E-state index is -0.0661. The zero-order valence-electron chi connectivity index (χ0n) is 12.5. The van der Waals surface area contributed by atoms with Crippen molar-refractivity contribution < 1.29 is 4.79 Å². The largest absolute Gasteiger partial charge is 0.357 e. The number of nitrogens with zero attached hydrogens (tertiary/aromatic N) is 1. The van der Waals surface area contributed by atoms with Gasteiger partial charge in [-0.3, -0.25) is 4.79 Å². The summed E-state index contributed by atoms with van der Waals surface area (Å²) in [5, 5.41) is 9.23. The van der Waals surface area contributed by atoms with Crippen LogP contribution in [-0.4, -0.2) is 25.0 Å². The van der Waals surface area contributed by atoms with Gasteiger partial charge in [0.25, 0.3) is 0 Å². The number of aliphatic imine (C=N–C) groups is 1. The van der Waals surface area contributed by atoms with Crippen LogP contribution in [0.4, 0.5) is 5.69 Å². The van der Waals surface area contributed by atoms with E-state index in [1.54, 1.807) is 0 Å². The monoisotopic (exact) mass is 276 g/mol. The molecular formula is C15H24N4O. The Labute approximate surface area is 120 Å². The number of amides is 1. The molecule has 20 heavy (non-hydrogen) atoms. The maximum absolute atomic E-state index is 11.0. The molecule has 0 radical (unpaired) electrons. The normalized spacial score (nSPS) is 11.1. The Kier molecular flexibility index (Phi) is 7.17. The summed E-state index contributed by atoms with van der Waals surface area (Å²) < 4.78 is 0. The Morgan fingerprint density at radius 3 is 2.70 bits per heavy atom. The fraction of sp³-hybridized carbons (Fsp3) is 0.467. The Morgan fingerprint density at radius 1 is 1.25 bits per heavy atom. The number of carbonyl (C=O) groups is 1. The number of nitrogens with one attached hydrogen (secondary N) is 3. The number of carbonyl (C=O) groups excluding carboxylic acids is 1. The molecule has 5 nitrogen and oxygen atoms in total. The van der Waals surface area contributed by atoms with Gasteiger partial charge in [-0.2, -0.15) is 0 Å². The molecule has 110 valence electrons. The summed E-state index contributed by atoms with van der Waals surface area (Å²) in [7, 11) is 0. The summed E-state index contributed by atoms with van der Waals surface area (Å²) in [5.74, 6) is 0.753. The first-order valence-electron chi connectivity index (χ1n) is 7.04. The topological polar surface area (TPSA) is 65.5 Å². The number of hydrogen-bond acceptors (Lipinski definition) is 2. The lowest BCUT2D eigenvalue weighted by Crippen LogP contribution is -2.37. The highest BCUT2D eigenvalue weighted by atomic mass is 16.1. The molecular weight excluding hydrogens is 252 g/mol. The van der Waals surface area contributed by atoms with Crippen LogP contribution in [0, 0.1) is 0 Å². The molecule has 1 aromatic carbocycles. The fourth-order valence-corrected chi connectivity index (χ4v) is 1.71. The quantitative estimate of drug-likeness (QED) is 0.551. The summed E-state index contributed by atoms with van der Waals surface area (Å²) in [6, 6.07) is 7.73. The lowest BCUT2D eigenvalue weighted by Gasteiger charge is -2.10. The minimum Gasteiger partial charge on any atom is -0.357 e. The van der Waals surface area contributed by atoms with Crippen LogP contribution in [0.3, 0.4) is 0 Å². The van der Waals surface area contributed by atoms with E-state index >= 15 is 0 Å². The second-order valence-electron chi connectivity index (χ2n) is 4.50. The van der Waals surface area contributed by atoms with Gasteiger partial charge >= 0.3 is 0 Å². The van der Waals surface area contributed by atoms with Gasteiger partial charge in [0.2, 0.25) is 5.91 Å². The van der Waals surface area contributed by atoms with Gasteiger partial charge in [0.15, 0.2) is 5.96 Å². The van der Waals surface area contributed by atoms with Gasteiger partial charge in [-0.25, -0.2) is 4.99 Å². The Morgan fingerprint density at radius 2 is 2.05 bits per heavy atom. The Hall–Kier alpha value is -2.04. The number of anilines is 1. The van der Waals surface area contributed by atoms with Crippen LogP contribution in [-0.2, 0) is 11.3 Å². The second kappa shape index (κ2) is 8.96. The van der Waals surface area contributed by atoms with Crippen LogP contribution in [0.1, 0.15) is 32.8 Å². The van der Waals surface area contributed by atoms with E-state index in [1.165, 1.54) is 6.92 Å². The zero-order valence-corrected chi connectivity index (χ0v) is 12.5. The average Bonchev–Trinajstić information content (AvgIpc) is 2.41. The molecule has 0 saturated heterocycles. The molecule has 0 unspecified atom stereocenters. The first kappa shape index (κ1) is 16.0. The Bertz CT molecular complexity index is 457. The molecule has 5 heteroatoms. The molecule has 1 aromatic rings. The van der Waals surface area contributed by atoms with Crippen molar-refractivity contribution in [2.45, 2.75) is 33.7 Å². The average molecular weight is 276 g/mol. The van der Waals surface area contributed by atoms with Crippen molar-refractivity contribution in [3.8, 4) is 0 Å². The molecule has 3 N–H and O–H groups in total. The molecule has 0 aliphatic rings. The molecule has 0 heterocycles. The van der Waals surface area contributed by atoms with Crippen LogP contribution in [0.15, 0.2) is 29.3 Å². The van der Waals surface area contributed by atoms with Crippen LogP contribution >= 0.6 is 0 Å². The van der Waals surface area contributed by atoms with Gasteiger partial charge in [0.05, 0.1) is 6.54 Å². The highest BCUT2D eigenvalue weighted by Gasteiger charge is 1.99. The van der Waals surface area contributed by atoms with Crippen molar-refractivity contribution in [1.82, 2.24) is 10.6 Å². The highest BCUT2D eigenvalue weighted by Crippen LogP contribution is 2.11. The van der Waals surface area contributed by atoms with E-state index in [0.717, 1.165) is 36.7 Å². The smallest absolute Gasteiger partial charge is 0.221 e. The van der Waals surface area contributed by atoms with Crippen LogP contribution in [0.5, 0.6) is 0 Å². The van der Waals surface area contributed by atoms with E-state index in [1.807, 2.05) is 31.2 Å². The molecule has 0 spiro atoms. The van der Waals surface area contributed by atoms with Crippen molar-refractivity contribution in [1.29, 1.82) is 0 Å². The van der Waals surface area contributed by atoms with Gasteiger partial charge in [0.1, 0.15) is 0 Å². The molecule has 0 fully saturated rings. The molecule has 1 amide bonds. The fourth-order valence-electron chi connectivity index (χ4n) is 1.71. The molecule has 0 aromatic heterocycles. The van der Waals surface area contributed by atoms with Gasteiger partial charge < -0.3 is 16.0 Å². The predicted octanol–water partition coefficient (Wildman–Crippen LogP) is 2.11. The van der Waals surface area contributed by atoms with E-state index in [2.05, 4.69) is 27.9 Å². The molecule has 0 atom stereocenters. The molecule has 1 rings (SSSR count). The van der Waals surface area contributed by atoms with Crippen molar-refractivity contribution >= 4 is 17.6 Å². The van der Waals surface area contributed by atoms with Crippen LogP contribution in [0.25, 0.3) is 0 Å². The first-order valence-corrected chi connectivity index (χ1v) is 7.04. The van der Waals surface area contributed by atoms with E-state index in [9.17, 15) is 4.79 Å². The standard InChI is InChI=1S/C15H24N4O/c1-4-9-17-15(16-5-2)18-11-13-7-6-8-14(10-13)19-12(3)20/h6-8,10H,4-5,9,11H2,1-3H3,(H,19,20)(H2,16,17,18). The van der Waals surface area contributed by atoms with E-state index in [-0.39, 0.29) is 5.91 Å². The summed E-state index contributed by atoms with van der Waals surface area (Å²) in [5.41, 5.74) is 1.86. The summed E-state index contributed by atoms with van der Waals surface area (Å²) in [6.45, 7) is 7.97. The third-order valence-corrected chi connectivity index (χ3v) is 2.55. The van der Waals surface area contributed by atoms with Crippen LogP contribution < -0.4 is 16.0 Å². The molecule has 0 bridgehead atoms. The summed E-state index contributed by atoms with van der Waals surface area (Å²) in [6.07, 6.45) is 1.06. The van der Waals surface area contributed by atoms with Crippen LogP contribution in [0.2, 0.25) is 0 Å². The minimum absolute atomic E-state index is 0.0661. The highest BCUT2D eigenvalue weighted by molar-refractivity contribution is 5.88. The third kappa shape index (κ3) is 6.22. The lowest BCUT2D eigenvalue weighted by atomic mass is 10.2. The predicted molar refractivity (Wildman–Crippen MR) is 83.9 cm³/mol. The van der Waals surface area contributed by atoms with E-state index in [0.29, 0.717) is 6.54 Å². The van der Waals surface area contributed by atoms with Gasteiger partial charge in [0, 0.05) is 25.7 Å². The Balaban J connectivity index is 2.67. The summed E-state index contributed by atoms with van der Waals surface area (Å²) >= 11 is 0. The van der Waals surface area contributed by atoms with Crippen molar-refractivity contribution in [2.75, 3.05) is 18.4 Å². The second-order valence-corrected chi connectivity index (χ2v) is 4.50. The van der Waals surface area contributed by atoms with Crippen molar-refractivity contribution in [2.24, 2.45) is 4.99 Å². The van der Waals surface area contributed by atoms with Gasteiger partial charge in [-0.05, 0) is 31.0 Å². The van der Waals surface area contributed by atoms with Gasteiger partial charge in [-0.15, -0.1) is 0 Å². The van der Waals surface area contributed by atoms with E-state index < -0.39 is 0 Å². The van der Waals surface area contributed by atoms with E-state index in [4.69, 9.17) is 0 Å². The van der Waals surface area contributed by atoms with Crippen molar-refractivity contribution in [3.05, 3.63) is 29.8 Å². The third-order valence-electron chi connectivity index (χ3n) is 2.55. The zero-order chi connectivity index (χ0) is 14.8. The number of guanidine groups is 1. The first-order chi connectivity index (χ1) is 9.65.